The van der Waals surface area contributed by atoms with Crippen LogP contribution in [-0.4, -0.2) is 69.9 Å². The van der Waals surface area contributed by atoms with Gasteiger partial charge in [-0.15, -0.1) is 0 Å². The van der Waals surface area contributed by atoms with Gasteiger partial charge in [0.15, 0.2) is 16.6 Å². The maximum Gasteiger partial charge on any atom is 0.260 e. The molecule has 0 atom stereocenters. The van der Waals surface area contributed by atoms with Gasteiger partial charge in [0.2, 0.25) is 5.75 Å². The third kappa shape index (κ3) is 6.55. The van der Waals surface area contributed by atoms with Crippen LogP contribution in [0.2, 0.25) is 0 Å². The largest absolute Gasteiger partial charge is 0.497 e. The topological polar surface area (TPSA) is 73.4 Å². The second kappa shape index (κ2) is 12.6. The van der Waals surface area contributed by atoms with E-state index in [1.54, 1.807) is 24.1 Å². The SMILES string of the molecule is CCOc1cc(C(=O)N(CCCN(C)C)c2nc3ccc(OC)cc3s2)cc(OCC)c1OCC. The van der Waals surface area contributed by atoms with Gasteiger partial charge in [-0.2, -0.15) is 0 Å². The van der Waals surface area contributed by atoms with Crippen LogP contribution in [0.5, 0.6) is 23.0 Å². The highest BCUT2D eigenvalue weighted by Gasteiger charge is 2.25. The first-order valence-corrected chi connectivity index (χ1v) is 12.7. The van der Waals surface area contributed by atoms with Crippen molar-refractivity contribution >= 4 is 32.6 Å². The molecule has 35 heavy (non-hydrogen) atoms. The highest BCUT2D eigenvalue weighted by Crippen LogP contribution is 2.40. The fourth-order valence-electron chi connectivity index (χ4n) is 3.63. The monoisotopic (exact) mass is 501 g/mol. The lowest BCUT2D eigenvalue weighted by atomic mass is 10.1. The summed E-state index contributed by atoms with van der Waals surface area (Å²) >= 11 is 1.47. The van der Waals surface area contributed by atoms with Crippen molar-refractivity contribution in [3.05, 3.63) is 35.9 Å². The molecular weight excluding hydrogens is 466 g/mol. The standard InChI is InChI=1S/C26H35N3O5S/c1-7-32-21-15-18(16-22(33-8-2)24(21)34-9-3)25(30)29(14-10-13-28(4)5)26-27-20-12-11-19(31-6)17-23(20)35-26/h11-12,15-17H,7-10,13-14H2,1-6H3. The second-order valence-electron chi connectivity index (χ2n) is 8.04. The molecule has 0 radical (unpaired) electrons. The van der Waals surface area contributed by atoms with Crippen molar-refractivity contribution in [2.24, 2.45) is 0 Å². The first-order valence-electron chi connectivity index (χ1n) is 11.9. The number of hydrogen-bond donors (Lipinski definition) is 0. The van der Waals surface area contributed by atoms with Gasteiger partial charge in [-0.25, -0.2) is 4.98 Å². The van der Waals surface area contributed by atoms with Crippen molar-refractivity contribution in [1.29, 1.82) is 0 Å². The first-order chi connectivity index (χ1) is 16.9. The lowest BCUT2D eigenvalue weighted by Gasteiger charge is -2.22. The quantitative estimate of drug-likeness (QED) is 0.323. The first kappa shape index (κ1) is 26.6. The van der Waals surface area contributed by atoms with Gasteiger partial charge >= 0.3 is 0 Å². The molecule has 3 aromatic rings. The molecule has 0 fully saturated rings. The minimum absolute atomic E-state index is 0.167. The normalized spacial score (nSPS) is 11.1. The lowest BCUT2D eigenvalue weighted by molar-refractivity contribution is 0.0985. The molecule has 8 nitrogen and oxygen atoms in total. The lowest BCUT2D eigenvalue weighted by Crippen LogP contribution is -2.33. The van der Waals surface area contributed by atoms with Crippen molar-refractivity contribution in [1.82, 2.24) is 9.88 Å². The molecule has 0 N–H and O–H groups in total. The van der Waals surface area contributed by atoms with Crippen LogP contribution in [-0.2, 0) is 0 Å². The van der Waals surface area contributed by atoms with Crippen LogP contribution in [0.1, 0.15) is 37.6 Å². The highest BCUT2D eigenvalue weighted by atomic mass is 32.1. The number of ether oxygens (including phenoxy) is 4. The van der Waals surface area contributed by atoms with Gasteiger partial charge in [-0.05, 0) is 78.2 Å². The van der Waals surface area contributed by atoms with Crippen molar-refractivity contribution in [3.63, 3.8) is 0 Å². The minimum Gasteiger partial charge on any atom is -0.497 e. The number of methoxy groups -OCH3 is 1. The summed E-state index contributed by atoms with van der Waals surface area (Å²) in [5.74, 6) is 2.09. The van der Waals surface area contributed by atoms with Crippen molar-refractivity contribution in [2.75, 3.05) is 59.0 Å². The smallest absolute Gasteiger partial charge is 0.260 e. The Hall–Kier alpha value is -3.04. The molecule has 0 aliphatic rings. The van der Waals surface area contributed by atoms with Crippen molar-refractivity contribution in [2.45, 2.75) is 27.2 Å². The molecule has 0 saturated heterocycles. The third-order valence-electron chi connectivity index (χ3n) is 5.20. The fraction of sp³-hybridized carbons (Fsp3) is 0.462. The van der Waals surface area contributed by atoms with E-state index in [-0.39, 0.29) is 5.91 Å². The number of carbonyl (C=O) groups is 1. The van der Waals surface area contributed by atoms with E-state index >= 15 is 0 Å². The van der Waals surface area contributed by atoms with Crippen LogP contribution in [0, 0.1) is 0 Å². The Morgan fingerprint density at radius 2 is 1.60 bits per heavy atom. The number of rotatable bonds is 13. The van der Waals surface area contributed by atoms with Crippen LogP contribution in [0.4, 0.5) is 5.13 Å². The van der Waals surface area contributed by atoms with E-state index < -0.39 is 0 Å². The number of hydrogen-bond acceptors (Lipinski definition) is 8. The molecule has 2 aromatic carbocycles. The third-order valence-corrected chi connectivity index (χ3v) is 6.24. The Labute approximate surface area is 211 Å². The number of carbonyl (C=O) groups excluding carboxylic acids is 1. The number of aromatic nitrogens is 1. The Kier molecular flexibility index (Phi) is 9.56. The molecule has 0 aliphatic heterocycles. The molecule has 0 bridgehead atoms. The summed E-state index contributed by atoms with van der Waals surface area (Å²) in [4.78, 5) is 22.5. The Balaban J connectivity index is 2.05. The van der Waals surface area contributed by atoms with Crippen LogP contribution >= 0.6 is 11.3 Å². The molecule has 0 aliphatic carbocycles. The number of amides is 1. The zero-order chi connectivity index (χ0) is 25.4. The number of anilines is 1. The van der Waals surface area contributed by atoms with Crippen LogP contribution in [0.15, 0.2) is 30.3 Å². The zero-order valence-electron chi connectivity index (χ0n) is 21.4. The fourth-order valence-corrected chi connectivity index (χ4v) is 4.65. The van der Waals surface area contributed by atoms with Gasteiger partial charge in [0.25, 0.3) is 5.91 Å². The van der Waals surface area contributed by atoms with Gasteiger partial charge < -0.3 is 23.8 Å². The van der Waals surface area contributed by atoms with Gasteiger partial charge in [-0.1, -0.05) is 11.3 Å². The molecule has 0 saturated carbocycles. The van der Waals surface area contributed by atoms with E-state index in [2.05, 4.69) is 4.90 Å². The van der Waals surface area contributed by atoms with Gasteiger partial charge in [0.05, 0.1) is 37.1 Å². The van der Waals surface area contributed by atoms with Crippen molar-refractivity contribution in [3.8, 4) is 23.0 Å². The van der Waals surface area contributed by atoms with E-state index in [0.717, 1.165) is 28.9 Å². The van der Waals surface area contributed by atoms with E-state index in [4.69, 9.17) is 23.9 Å². The number of benzene rings is 2. The molecule has 190 valence electrons. The summed E-state index contributed by atoms with van der Waals surface area (Å²) in [6.07, 6.45) is 0.797. The number of fused-ring (bicyclic) bond motifs is 1. The van der Waals surface area contributed by atoms with Gasteiger partial charge in [0, 0.05) is 12.1 Å². The number of thiazole rings is 1. The second-order valence-corrected chi connectivity index (χ2v) is 9.05. The maximum atomic E-state index is 13.9. The van der Waals surface area contributed by atoms with Gasteiger partial charge in [-0.3, -0.25) is 9.69 Å². The summed E-state index contributed by atoms with van der Waals surface area (Å²) in [5.41, 5.74) is 1.29. The number of nitrogens with zero attached hydrogens (tertiary/aromatic N) is 3. The Morgan fingerprint density at radius 1 is 0.943 bits per heavy atom. The molecule has 1 heterocycles. The molecule has 0 spiro atoms. The summed E-state index contributed by atoms with van der Waals surface area (Å²) in [6, 6.07) is 9.19. The van der Waals surface area contributed by atoms with Crippen molar-refractivity contribution < 1.29 is 23.7 Å². The maximum absolute atomic E-state index is 13.9. The summed E-state index contributed by atoms with van der Waals surface area (Å²) in [5, 5.41) is 0.641. The van der Waals surface area contributed by atoms with E-state index in [0.29, 0.717) is 54.3 Å². The van der Waals surface area contributed by atoms with Crippen LogP contribution in [0.3, 0.4) is 0 Å². The molecule has 0 unspecified atom stereocenters. The van der Waals surface area contributed by atoms with Crippen LogP contribution < -0.4 is 23.8 Å². The molecule has 1 amide bonds. The summed E-state index contributed by atoms with van der Waals surface area (Å²) in [7, 11) is 5.68. The summed E-state index contributed by atoms with van der Waals surface area (Å²) < 4.78 is 23.8. The zero-order valence-corrected chi connectivity index (χ0v) is 22.2. The average molecular weight is 502 g/mol. The van der Waals surface area contributed by atoms with E-state index in [1.165, 1.54) is 11.3 Å². The van der Waals surface area contributed by atoms with E-state index in [1.807, 2.05) is 53.1 Å². The molecule has 9 heteroatoms. The highest BCUT2D eigenvalue weighted by molar-refractivity contribution is 7.22. The minimum atomic E-state index is -0.167. The van der Waals surface area contributed by atoms with Gasteiger partial charge in [0.1, 0.15) is 5.75 Å². The Bertz CT molecular complexity index is 1100. The molecular formula is C26H35N3O5S. The average Bonchev–Trinajstić information content (AvgIpc) is 3.26. The molecule has 3 rings (SSSR count). The summed E-state index contributed by atoms with van der Waals surface area (Å²) in [6.45, 7) is 8.40. The predicted octanol–water partition coefficient (Wildman–Crippen LogP) is 5.10. The molecule has 1 aromatic heterocycles. The van der Waals surface area contributed by atoms with Crippen LogP contribution in [0.25, 0.3) is 10.2 Å². The van der Waals surface area contributed by atoms with E-state index in [9.17, 15) is 4.79 Å². The Morgan fingerprint density at radius 3 is 2.17 bits per heavy atom. The predicted molar refractivity (Wildman–Crippen MR) is 141 cm³/mol.